The van der Waals surface area contributed by atoms with E-state index in [9.17, 15) is 0 Å². The Balaban J connectivity index is 3.31. The monoisotopic (exact) mass is 169 g/mol. The van der Waals surface area contributed by atoms with Crippen LogP contribution in [-0.4, -0.2) is 29.0 Å². The first kappa shape index (κ1) is 8.38. The Bertz CT molecular complexity index is 342. The minimum Gasteiger partial charge on any atom is -0.423 e. The molecule has 0 atom stereocenters. The molecule has 66 valence electrons. The predicted molar refractivity (Wildman–Crippen MR) is 44.0 cm³/mol. The van der Waals surface area contributed by atoms with E-state index in [0.717, 1.165) is 0 Å². The maximum Gasteiger partial charge on any atom is 0.259 e. The molecular weight excluding hydrogens is 158 g/mol. The van der Waals surface area contributed by atoms with Crippen molar-refractivity contribution in [2.24, 2.45) is 0 Å². The van der Waals surface area contributed by atoms with E-state index < -0.39 is 0 Å². The molecule has 6 nitrogen and oxygen atoms in total. The number of rotatable bonds is 1. The van der Waals surface area contributed by atoms with Gasteiger partial charge >= 0.3 is 0 Å². The summed E-state index contributed by atoms with van der Waals surface area (Å²) in [6.45, 7) is 0. The molecule has 1 aromatic heterocycles. The van der Waals surface area contributed by atoms with Crippen LogP contribution >= 0.6 is 0 Å². The summed E-state index contributed by atoms with van der Waals surface area (Å²) in [6, 6.07) is 1.48. The molecule has 0 amide bonds. The van der Waals surface area contributed by atoms with Gasteiger partial charge in [0, 0.05) is 20.2 Å². The van der Waals surface area contributed by atoms with Crippen LogP contribution in [0.15, 0.2) is 6.07 Å². The number of nitrogens with zero attached hydrogens (tertiary/aromatic N) is 3. The van der Waals surface area contributed by atoms with Crippen molar-refractivity contribution in [3.8, 4) is 0 Å². The molecule has 12 heavy (non-hydrogen) atoms. The van der Waals surface area contributed by atoms with Crippen LogP contribution in [-0.2, 0) is 0 Å². The molecule has 0 spiro atoms. The van der Waals surface area contributed by atoms with Gasteiger partial charge in [-0.1, -0.05) is 0 Å². The molecule has 0 aromatic carbocycles. The normalized spacial score (nSPS) is 9.83. The fourth-order valence-electron chi connectivity index (χ4n) is 0.733. The lowest BCUT2D eigenvalue weighted by Gasteiger charge is -2.12. The lowest BCUT2D eigenvalue weighted by Crippen LogP contribution is -2.26. The summed E-state index contributed by atoms with van der Waals surface area (Å²) in [4.78, 5) is 5.46. The highest BCUT2D eigenvalue weighted by Crippen LogP contribution is 2.06. The van der Waals surface area contributed by atoms with Crippen molar-refractivity contribution < 1.29 is 5.21 Å². The largest absolute Gasteiger partial charge is 0.423 e. The second-order valence-corrected chi connectivity index (χ2v) is 2.57. The van der Waals surface area contributed by atoms with Crippen molar-refractivity contribution in [1.29, 1.82) is 5.41 Å². The van der Waals surface area contributed by atoms with Gasteiger partial charge in [-0.3, -0.25) is 5.41 Å². The molecule has 1 rings (SSSR count). The van der Waals surface area contributed by atoms with Crippen LogP contribution in [0.3, 0.4) is 0 Å². The van der Waals surface area contributed by atoms with Gasteiger partial charge < -0.3 is 15.8 Å². The summed E-state index contributed by atoms with van der Waals surface area (Å²) in [6.07, 6.45) is 0. The minimum absolute atomic E-state index is 0.0960. The molecule has 4 N–H and O–H groups in total. The molecule has 0 saturated carbocycles. The maximum absolute atomic E-state index is 9.04. The van der Waals surface area contributed by atoms with E-state index in [0.29, 0.717) is 10.5 Å². The summed E-state index contributed by atoms with van der Waals surface area (Å²) in [5, 5.41) is 16.2. The summed E-state index contributed by atoms with van der Waals surface area (Å²) in [5.74, 6) is 0.640. The van der Waals surface area contributed by atoms with Gasteiger partial charge in [0.15, 0.2) is 0 Å². The SMILES string of the molecule is CN(C)c1cc(N)n(O)c(=N)n1. The number of nitrogen functional groups attached to an aromatic ring is 1. The molecule has 0 fully saturated rings. The van der Waals surface area contributed by atoms with Crippen LogP contribution in [0.4, 0.5) is 11.6 Å². The van der Waals surface area contributed by atoms with E-state index in [1.54, 1.807) is 19.0 Å². The van der Waals surface area contributed by atoms with Gasteiger partial charge in [-0.25, -0.2) is 0 Å². The topological polar surface area (TPSA) is 91.2 Å². The van der Waals surface area contributed by atoms with Gasteiger partial charge in [-0.15, -0.1) is 4.73 Å². The third-order valence-corrected chi connectivity index (χ3v) is 1.40. The molecule has 0 aliphatic rings. The zero-order valence-electron chi connectivity index (χ0n) is 6.94. The van der Waals surface area contributed by atoms with Crippen molar-refractivity contribution >= 4 is 11.6 Å². The van der Waals surface area contributed by atoms with Crippen LogP contribution in [0, 0.1) is 5.41 Å². The van der Waals surface area contributed by atoms with E-state index >= 15 is 0 Å². The second kappa shape index (κ2) is 2.72. The smallest absolute Gasteiger partial charge is 0.259 e. The average Bonchev–Trinajstić information content (AvgIpc) is 1.99. The van der Waals surface area contributed by atoms with Gasteiger partial charge in [0.2, 0.25) is 0 Å². The zero-order valence-corrected chi connectivity index (χ0v) is 6.94. The fraction of sp³-hybridized carbons (Fsp3) is 0.333. The third-order valence-electron chi connectivity index (χ3n) is 1.40. The average molecular weight is 169 g/mol. The van der Waals surface area contributed by atoms with Crippen molar-refractivity contribution in [3.63, 3.8) is 0 Å². The molecular formula is C6H11N5O. The van der Waals surface area contributed by atoms with E-state index in [-0.39, 0.29) is 11.4 Å². The molecule has 1 aromatic rings. The van der Waals surface area contributed by atoms with E-state index in [2.05, 4.69) is 4.98 Å². The zero-order chi connectivity index (χ0) is 9.30. The first-order chi connectivity index (χ1) is 5.52. The molecule has 1 heterocycles. The molecule has 0 bridgehead atoms. The number of aromatic nitrogens is 2. The Morgan fingerprint density at radius 3 is 2.67 bits per heavy atom. The van der Waals surface area contributed by atoms with Crippen molar-refractivity contribution in [2.45, 2.75) is 0 Å². The van der Waals surface area contributed by atoms with Crippen LogP contribution in [0.25, 0.3) is 0 Å². The van der Waals surface area contributed by atoms with Crippen LogP contribution in [0.5, 0.6) is 0 Å². The van der Waals surface area contributed by atoms with Crippen molar-refractivity contribution in [2.75, 3.05) is 24.7 Å². The standard InChI is InChI=1S/C6H11N5O/c1-10(2)5-3-4(7)11(12)6(8)9-5/h3,8,12H,7H2,1-2H3. The summed E-state index contributed by atoms with van der Waals surface area (Å²) < 4.78 is 0.521. The van der Waals surface area contributed by atoms with Gasteiger partial charge in [-0.05, 0) is 0 Å². The number of hydrogen-bond donors (Lipinski definition) is 3. The summed E-state index contributed by atoms with van der Waals surface area (Å²) >= 11 is 0. The highest BCUT2D eigenvalue weighted by atomic mass is 16.5. The maximum atomic E-state index is 9.04. The Labute approximate surface area is 69.3 Å². The first-order valence-corrected chi connectivity index (χ1v) is 3.33. The fourth-order valence-corrected chi connectivity index (χ4v) is 0.733. The van der Waals surface area contributed by atoms with E-state index in [1.807, 2.05) is 0 Å². The lowest BCUT2D eigenvalue weighted by molar-refractivity contribution is 0.172. The van der Waals surface area contributed by atoms with Gasteiger partial charge in [0.05, 0.1) is 0 Å². The van der Waals surface area contributed by atoms with Gasteiger partial charge in [0.25, 0.3) is 5.62 Å². The Hall–Kier alpha value is -1.72. The Morgan fingerprint density at radius 2 is 2.25 bits per heavy atom. The molecule has 6 heteroatoms. The van der Waals surface area contributed by atoms with Gasteiger partial charge in [-0.2, -0.15) is 4.98 Å². The highest BCUT2D eigenvalue weighted by Gasteiger charge is 2.02. The third kappa shape index (κ3) is 1.31. The summed E-state index contributed by atoms with van der Waals surface area (Å²) in [5.41, 5.74) is 5.11. The molecule has 0 unspecified atom stereocenters. The first-order valence-electron chi connectivity index (χ1n) is 3.33. The number of nitrogens with one attached hydrogen (secondary N) is 1. The highest BCUT2D eigenvalue weighted by molar-refractivity contribution is 5.44. The van der Waals surface area contributed by atoms with Crippen LogP contribution in [0.2, 0.25) is 0 Å². The molecule has 0 aliphatic heterocycles. The Kier molecular flexibility index (Phi) is 1.90. The van der Waals surface area contributed by atoms with Gasteiger partial charge in [0.1, 0.15) is 11.6 Å². The van der Waals surface area contributed by atoms with Crippen molar-refractivity contribution in [1.82, 2.24) is 9.71 Å². The van der Waals surface area contributed by atoms with E-state index in [1.165, 1.54) is 6.07 Å². The number of nitrogens with two attached hydrogens (primary N) is 1. The second-order valence-electron chi connectivity index (χ2n) is 2.57. The van der Waals surface area contributed by atoms with Crippen LogP contribution < -0.4 is 16.3 Å². The lowest BCUT2D eigenvalue weighted by atomic mass is 10.5. The number of hydrogen-bond acceptors (Lipinski definition) is 5. The molecule has 0 aliphatic carbocycles. The predicted octanol–water partition coefficient (Wildman–Crippen LogP) is -0.752. The Morgan fingerprint density at radius 1 is 1.67 bits per heavy atom. The van der Waals surface area contributed by atoms with Crippen molar-refractivity contribution in [3.05, 3.63) is 11.7 Å². The minimum atomic E-state index is -0.279. The quantitative estimate of drug-likeness (QED) is 0.482. The van der Waals surface area contributed by atoms with E-state index in [4.69, 9.17) is 16.4 Å². The molecule has 0 saturated heterocycles. The van der Waals surface area contributed by atoms with Crippen LogP contribution in [0.1, 0.15) is 0 Å². The number of anilines is 2. The summed E-state index contributed by atoms with van der Waals surface area (Å²) in [7, 11) is 3.56. The molecule has 0 radical (unpaired) electrons.